The maximum atomic E-state index is 14.3. The van der Waals surface area contributed by atoms with E-state index in [1.807, 2.05) is 0 Å². The Morgan fingerprint density at radius 2 is 1.41 bits per heavy atom. The molecule has 14 N–H and O–H groups in total. The zero-order valence-corrected chi connectivity index (χ0v) is 40.3. The van der Waals surface area contributed by atoms with Crippen LogP contribution in [-0.2, 0) is 51.2 Å². The molecule has 3 rings (SSSR count). The van der Waals surface area contributed by atoms with Crippen molar-refractivity contribution in [2.75, 3.05) is 38.2 Å². The first kappa shape index (κ1) is 56.2. The number of thiol groups is 2. The molecule has 0 bridgehead atoms. The van der Waals surface area contributed by atoms with Crippen molar-refractivity contribution in [3.05, 3.63) is 48.0 Å². The van der Waals surface area contributed by atoms with Gasteiger partial charge in [-0.3, -0.25) is 38.6 Å². The van der Waals surface area contributed by atoms with E-state index in [-0.39, 0.29) is 81.4 Å². The number of aliphatic carboxylic acids is 1. The minimum absolute atomic E-state index is 0.00733. The fourth-order valence-corrected chi connectivity index (χ4v) is 7.91. The van der Waals surface area contributed by atoms with Crippen molar-refractivity contribution < 1.29 is 48.6 Å². The van der Waals surface area contributed by atoms with Crippen LogP contribution in [0.3, 0.4) is 0 Å². The van der Waals surface area contributed by atoms with Gasteiger partial charge in [-0.2, -0.15) is 25.3 Å². The Hall–Kier alpha value is -6.08. The number of H-pyrrole nitrogens is 1. The topological polar surface area (TPSA) is 358 Å². The summed E-state index contributed by atoms with van der Waals surface area (Å²) in [6.07, 6.45) is 4.20. The molecule has 2 aromatic rings. The molecule has 0 radical (unpaired) electrons. The van der Waals surface area contributed by atoms with Crippen LogP contribution in [0.1, 0.15) is 70.1 Å². The Morgan fingerprint density at radius 3 is 1.94 bits per heavy atom. The number of phenols is 1. The third-order valence-corrected chi connectivity index (χ3v) is 11.8. The third kappa shape index (κ3) is 18.2. The molecule has 25 heteroatoms. The van der Waals surface area contributed by atoms with Crippen LogP contribution in [-0.4, -0.2) is 159 Å². The van der Waals surface area contributed by atoms with Crippen LogP contribution in [0.15, 0.2) is 41.8 Å². The second-order valence-corrected chi connectivity index (χ2v) is 17.3. The first-order chi connectivity index (χ1) is 32.4. The van der Waals surface area contributed by atoms with Gasteiger partial charge in [-0.05, 0) is 80.7 Å². The molecule has 1 aliphatic heterocycles. The van der Waals surface area contributed by atoms with Gasteiger partial charge in [0.1, 0.15) is 48.0 Å². The summed E-state index contributed by atoms with van der Waals surface area (Å²) < 4.78 is 0. The van der Waals surface area contributed by atoms with Crippen molar-refractivity contribution in [3.63, 3.8) is 0 Å². The van der Waals surface area contributed by atoms with Gasteiger partial charge < -0.3 is 68.8 Å². The predicted molar refractivity (Wildman–Crippen MR) is 258 cm³/mol. The minimum atomic E-state index is -1.37. The SMILES string of the molecule is CC[C@H](C)[C@H](NC(=O)[C@@H]1CCCN1C(=O)[C@H](Cc1cnc[nH]1)NC(=O)[C@H](CCS)NC(=O)[C@H](Cc1ccc(O)cc1)NC(=O)[C@H](CCS)NC(=O)[C@H](CCCN=C(N)N)NC(=O)CNC)C(=O)O. The molecule has 0 spiro atoms. The molecular weight excluding hydrogens is 923 g/mol. The number of carbonyl (C=O) groups excluding carboxylic acids is 7. The van der Waals surface area contributed by atoms with E-state index < -0.39 is 95.5 Å². The lowest BCUT2D eigenvalue weighted by molar-refractivity contribution is -0.146. The quantitative estimate of drug-likeness (QED) is 0.0179. The van der Waals surface area contributed by atoms with Crippen LogP contribution in [0.4, 0.5) is 0 Å². The van der Waals surface area contributed by atoms with Crippen LogP contribution in [0.2, 0.25) is 0 Å². The van der Waals surface area contributed by atoms with E-state index in [2.05, 4.69) is 77.4 Å². The molecule has 1 aromatic heterocycles. The number of rotatable bonds is 29. The number of benzene rings is 1. The second-order valence-electron chi connectivity index (χ2n) is 16.4. The van der Waals surface area contributed by atoms with E-state index in [1.165, 1.54) is 41.7 Å². The van der Waals surface area contributed by atoms with E-state index >= 15 is 0 Å². The summed E-state index contributed by atoms with van der Waals surface area (Å²) in [4.78, 5) is 121. The van der Waals surface area contributed by atoms with Crippen LogP contribution in [0, 0.1) is 5.92 Å². The maximum absolute atomic E-state index is 14.3. The number of carbonyl (C=O) groups is 8. The van der Waals surface area contributed by atoms with Crippen molar-refractivity contribution >= 4 is 78.5 Å². The van der Waals surface area contributed by atoms with Crippen molar-refractivity contribution in [1.29, 1.82) is 0 Å². The Bertz CT molecular complexity index is 2020. The van der Waals surface area contributed by atoms with Crippen LogP contribution >= 0.6 is 25.3 Å². The molecule has 23 nitrogen and oxygen atoms in total. The van der Waals surface area contributed by atoms with E-state index in [0.29, 0.717) is 30.5 Å². The number of carboxylic acids is 1. The molecule has 376 valence electrons. The first-order valence-electron chi connectivity index (χ1n) is 22.4. The second kappa shape index (κ2) is 29.0. The highest BCUT2D eigenvalue weighted by Crippen LogP contribution is 2.21. The highest BCUT2D eigenvalue weighted by Gasteiger charge is 2.40. The van der Waals surface area contributed by atoms with Crippen LogP contribution in [0.5, 0.6) is 5.75 Å². The Labute approximate surface area is 406 Å². The lowest BCUT2D eigenvalue weighted by Crippen LogP contribution is -2.60. The molecule has 1 aromatic carbocycles. The molecule has 1 aliphatic rings. The first-order valence-corrected chi connectivity index (χ1v) is 23.7. The van der Waals surface area contributed by atoms with Crippen molar-refractivity contribution in [1.82, 2.24) is 52.1 Å². The zero-order valence-electron chi connectivity index (χ0n) is 38.5. The largest absolute Gasteiger partial charge is 0.508 e. The van der Waals surface area contributed by atoms with E-state index in [1.54, 1.807) is 20.9 Å². The number of carboxylic acid groups (broad SMARTS) is 1. The summed E-state index contributed by atoms with van der Waals surface area (Å²) in [7, 11) is 1.56. The summed E-state index contributed by atoms with van der Waals surface area (Å²) in [5, 5.41) is 38.5. The number of likely N-dealkylation sites (tertiary alicyclic amines) is 1. The lowest BCUT2D eigenvalue weighted by atomic mass is 9.98. The number of nitrogens with zero attached hydrogens (tertiary/aromatic N) is 3. The molecule has 0 aliphatic carbocycles. The fraction of sp³-hybridized carbons (Fsp3) is 0.581. The van der Waals surface area contributed by atoms with Crippen LogP contribution in [0.25, 0.3) is 0 Å². The van der Waals surface area contributed by atoms with Crippen LogP contribution < -0.4 is 48.7 Å². The number of guanidine groups is 1. The molecule has 0 saturated carbocycles. The molecule has 7 amide bonds. The zero-order chi connectivity index (χ0) is 50.3. The van der Waals surface area contributed by atoms with Gasteiger partial charge in [0.25, 0.3) is 0 Å². The third-order valence-electron chi connectivity index (χ3n) is 11.3. The number of phenolic OH excluding ortho intramolecular Hbond substituents is 1. The van der Waals surface area contributed by atoms with Gasteiger partial charge in [-0.15, -0.1) is 0 Å². The number of nitrogens with one attached hydrogen (secondary N) is 8. The molecule has 2 heterocycles. The van der Waals surface area contributed by atoms with Gasteiger partial charge >= 0.3 is 5.97 Å². The van der Waals surface area contributed by atoms with E-state index in [0.717, 1.165) is 0 Å². The predicted octanol–water partition coefficient (Wildman–Crippen LogP) is -2.16. The number of likely N-dealkylation sites (N-methyl/N-ethyl adjacent to an activating group) is 1. The number of hydrogen-bond acceptors (Lipinski definition) is 14. The van der Waals surface area contributed by atoms with E-state index in [4.69, 9.17) is 11.5 Å². The summed E-state index contributed by atoms with van der Waals surface area (Å²) in [6.45, 7) is 3.73. The smallest absolute Gasteiger partial charge is 0.326 e. The van der Waals surface area contributed by atoms with Gasteiger partial charge in [0.15, 0.2) is 5.96 Å². The summed E-state index contributed by atoms with van der Waals surface area (Å²) in [5.74, 6) is -6.38. The van der Waals surface area contributed by atoms with Gasteiger partial charge in [-0.25, -0.2) is 9.78 Å². The van der Waals surface area contributed by atoms with Gasteiger partial charge in [-0.1, -0.05) is 32.4 Å². The molecule has 1 fully saturated rings. The molecule has 68 heavy (non-hydrogen) atoms. The van der Waals surface area contributed by atoms with Crippen molar-refractivity contribution in [3.8, 4) is 5.75 Å². The van der Waals surface area contributed by atoms with Gasteiger partial charge in [0, 0.05) is 37.8 Å². The number of imidazole rings is 1. The molecular formula is C43H67N13O10S2. The minimum Gasteiger partial charge on any atom is -0.508 e. The molecule has 8 atom stereocenters. The normalized spacial score (nSPS) is 16.4. The summed E-state index contributed by atoms with van der Waals surface area (Å²) in [6, 6.07) is -2.63. The number of aliphatic imine (C=N–C) groups is 1. The number of amides is 7. The van der Waals surface area contributed by atoms with E-state index in [9.17, 15) is 48.6 Å². The Balaban J connectivity index is 1.88. The number of aromatic hydroxyl groups is 1. The highest BCUT2D eigenvalue weighted by molar-refractivity contribution is 7.80. The number of aromatic nitrogens is 2. The average Bonchev–Trinajstić information content (AvgIpc) is 4.02. The lowest BCUT2D eigenvalue weighted by Gasteiger charge is -2.31. The standard InChI is InChI=1S/C43H67N13O10S2/c1-4-24(2)35(42(65)66)55-40(63)33-8-6-16-56(33)41(64)32(20-26-21-47-23-49-26)54-38(61)30(14-18-68)52-39(62)31(19-25-9-11-27(57)12-10-25)53-37(60)29(13-17-67)51-36(59)28(50-34(58)22-46-3)7-5-15-48-43(44)45/h9-12,21,23-24,28-33,35,46,57,67-68H,4-8,13-20,22H2,1-3H3,(H,47,49)(H,50,58)(H,51,59)(H,52,62)(H,53,60)(H,54,61)(H,55,63)(H,65,66)(H4,44,45,48)/t24-,28-,29-,30-,31-,32-,33-,35-/m0/s1. The number of hydrogen-bond donors (Lipinski definition) is 14. The summed E-state index contributed by atoms with van der Waals surface area (Å²) >= 11 is 8.60. The highest BCUT2D eigenvalue weighted by atomic mass is 32.1. The monoisotopic (exact) mass is 989 g/mol. The van der Waals surface area contributed by atoms with Gasteiger partial charge in [0.2, 0.25) is 41.4 Å². The Morgan fingerprint density at radius 1 is 0.838 bits per heavy atom. The van der Waals surface area contributed by atoms with Crippen molar-refractivity contribution in [2.24, 2.45) is 22.4 Å². The van der Waals surface area contributed by atoms with Crippen molar-refractivity contribution in [2.45, 2.75) is 114 Å². The number of nitrogens with two attached hydrogens (primary N) is 2. The average molecular weight is 990 g/mol. The molecule has 1 saturated heterocycles. The summed E-state index contributed by atoms with van der Waals surface area (Å²) in [5.41, 5.74) is 11.8. The maximum Gasteiger partial charge on any atom is 0.326 e. The Kier molecular flexibility index (Phi) is 23.9. The fourth-order valence-electron chi connectivity index (χ4n) is 7.39. The number of aromatic amines is 1. The van der Waals surface area contributed by atoms with Gasteiger partial charge in [0.05, 0.1) is 12.9 Å². The molecule has 0 unspecified atom stereocenters.